The topological polar surface area (TPSA) is 35.6 Å². The Bertz CT molecular complexity index is 779. The summed E-state index contributed by atoms with van der Waals surface area (Å²) in [5.74, 6) is 0.0865. The molecule has 0 spiro atoms. The van der Waals surface area contributed by atoms with Crippen LogP contribution in [-0.4, -0.2) is 47.4 Å². The van der Waals surface area contributed by atoms with Gasteiger partial charge < -0.3 is 5.32 Å². The Balaban J connectivity index is 1.28. The van der Waals surface area contributed by atoms with Crippen LogP contribution in [-0.2, 0) is 11.3 Å². The van der Waals surface area contributed by atoms with Crippen LogP contribution in [0.15, 0.2) is 54.6 Å². The van der Waals surface area contributed by atoms with Crippen molar-refractivity contribution in [1.29, 1.82) is 0 Å². The number of anilines is 1. The number of piperidine rings is 1. The van der Waals surface area contributed by atoms with Crippen molar-refractivity contribution in [3.8, 4) is 0 Å². The molecule has 0 bridgehead atoms. The van der Waals surface area contributed by atoms with Gasteiger partial charge in [-0.05, 0) is 50.3 Å². The minimum Gasteiger partial charge on any atom is -0.325 e. The number of nitrogens with one attached hydrogen (secondary N) is 1. The highest BCUT2D eigenvalue weighted by atomic mass is 16.2. The molecule has 0 atom stereocenters. The van der Waals surface area contributed by atoms with Crippen LogP contribution >= 0.6 is 0 Å². The number of para-hydroxylation sites is 1. The lowest BCUT2D eigenvalue weighted by Crippen LogP contribution is -2.47. The van der Waals surface area contributed by atoms with E-state index in [0.717, 1.165) is 44.2 Å². The minimum absolute atomic E-state index is 0.0865. The van der Waals surface area contributed by atoms with Gasteiger partial charge in [0.05, 0.1) is 6.54 Å². The molecule has 0 aromatic heterocycles. The Kier molecular flexibility index (Phi) is 6.08. The molecule has 2 aromatic rings. The summed E-state index contributed by atoms with van der Waals surface area (Å²) in [6.45, 7) is 5.73. The minimum atomic E-state index is 0.0865. The van der Waals surface area contributed by atoms with Gasteiger partial charge in [-0.15, -0.1) is 0 Å². The number of likely N-dealkylation sites (tertiary alicyclic amines) is 1. The van der Waals surface area contributed by atoms with Crippen molar-refractivity contribution in [3.63, 3.8) is 0 Å². The van der Waals surface area contributed by atoms with E-state index in [9.17, 15) is 4.79 Å². The molecule has 4 nitrogen and oxygen atoms in total. The summed E-state index contributed by atoms with van der Waals surface area (Å²) in [7, 11) is 0. The molecule has 28 heavy (non-hydrogen) atoms. The van der Waals surface area contributed by atoms with Gasteiger partial charge in [-0.1, -0.05) is 48.0 Å². The Labute approximate surface area is 168 Å². The number of nitrogens with zero attached hydrogens (tertiary/aromatic N) is 2. The van der Waals surface area contributed by atoms with E-state index in [1.807, 2.05) is 30.3 Å². The molecule has 4 heteroatoms. The summed E-state index contributed by atoms with van der Waals surface area (Å²) in [5, 5.41) is 3.00. The average molecular weight is 378 g/mol. The summed E-state index contributed by atoms with van der Waals surface area (Å²) in [6, 6.07) is 20.0. The van der Waals surface area contributed by atoms with Crippen molar-refractivity contribution in [2.45, 2.75) is 51.2 Å². The molecule has 1 saturated heterocycles. The Morgan fingerprint density at radius 3 is 2.39 bits per heavy atom. The molecule has 2 aliphatic rings. The van der Waals surface area contributed by atoms with Crippen molar-refractivity contribution < 1.29 is 4.79 Å². The number of rotatable bonds is 7. The molecule has 1 aliphatic carbocycles. The Morgan fingerprint density at radius 2 is 1.71 bits per heavy atom. The van der Waals surface area contributed by atoms with Crippen molar-refractivity contribution in [1.82, 2.24) is 9.80 Å². The zero-order valence-corrected chi connectivity index (χ0v) is 16.8. The normalized spacial score (nSPS) is 18.4. The van der Waals surface area contributed by atoms with Crippen LogP contribution in [0.25, 0.3) is 0 Å². The lowest BCUT2D eigenvalue weighted by atomic mass is 10.0. The molecule has 2 aromatic carbocycles. The fourth-order valence-corrected chi connectivity index (χ4v) is 4.32. The van der Waals surface area contributed by atoms with E-state index in [-0.39, 0.29) is 5.91 Å². The lowest BCUT2D eigenvalue weighted by Gasteiger charge is -2.38. The van der Waals surface area contributed by atoms with E-state index in [1.54, 1.807) is 0 Å². The molecule has 1 amide bonds. The smallest absolute Gasteiger partial charge is 0.238 e. The maximum absolute atomic E-state index is 12.3. The third-order valence-electron chi connectivity index (χ3n) is 5.91. The first kappa shape index (κ1) is 19.2. The molecule has 4 rings (SSSR count). The van der Waals surface area contributed by atoms with Gasteiger partial charge in [0.2, 0.25) is 5.91 Å². The first-order chi connectivity index (χ1) is 13.7. The number of hydrogen-bond donors (Lipinski definition) is 1. The summed E-state index contributed by atoms with van der Waals surface area (Å²) in [5.41, 5.74) is 3.64. The zero-order valence-electron chi connectivity index (χ0n) is 16.8. The van der Waals surface area contributed by atoms with Gasteiger partial charge in [0.1, 0.15) is 0 Å². The molecule has 2 fully saturated rings. The third kappa shape index (κ3) is 5.21. The number of amides is 1. The van der Waals surface area contributed by atoms with E-state index in [0.29, 0.717) is 12.6 Å². The van der Waals surface area contributed by atoms with Crippen LogP contribution < -0.4 is 5.32 Å². The summed E-state index contributed by atoms with van der Waals surface area (Å²) in [4.78, 5) is 17.4. The summed E-state index contributed by atoms with van der Waals surface area (Å²) >= 11 is 0. The highest BCUT2D eigenvalue weighted by molar-refractivity contribution is 5.92. The number of carbonyl (C=O) groups is 1. The first-order valence-corrected chi connectivity index (χ1v) is 10.6. The fourth-order valence-electron chi connectivity index (χ4n) is 4.32. The molecular formula is C24H31N3O. The predicted octanol–water partition coefficient (Wildman–Crippen LogP) is 4.06. The van der Waals surface area contributed by atoms with Crippen LogP contribution in [0.4, 0.5) is 5.69 Å². The molecule has 1 heterocycles. The molecular weight excluding hydrogens is 346 g/mol. The second-order valence-electron chi connectivity index (χ2n) is 8.31. The van der Waals surface area contributed by atoms with Crippen molar-refractivity contribution in [2.24, 2.45) is 0 Å². The van der Waals surface area contributed by atoms with Crippen molar-refractivity contribution in [3.05, 3.63) is 65.7 Å². The lowest BCUT2D eigenvalue weighted by molar-refractivity contribution is -0.117. The average Bonchev–Trinajstić information content (AvgIpc) is 3.53. The third-order valence-corrected chi connectivity index (χ3v) is 5.91. The zero-order chi connectivity index (χ0) is 19.3. The molecule has 0 radical (unpaired) electrons. The SMILES string of the molecule is Cc1cccc(CN(C2CC2)C2CCN(CC(=O)Nc3ccccc3)CC2)c1. The van der Waals surface area contributed by atoms with E-state index < -0.39 is 0 Å². The Morgan fingerprint density at radius 1 is 1.00 bits per heavy atom. The maximum Gasteiger partial charge on any atom is 0.238 e. The van der Waals surface area contributed by atoms with Crippen LogP contribution in [0.1, 0.15) is 36.8 Å². The fraction of sp³-hybridized carbons (Fsp3) is 0.458. The van der Waals surface area contributed by atoms with E-state index >= 15 is 0 Å². The second kappa shape index (κ2) is 8.89. The second-order valence-corrected chi connectivity index (χ2v) is 8.31. The van der Waals surface area contributed by atoms with Gasteiger partial charge in [-0.25, -0.2) is 0 Å². The van der Waals surface area contributed by atoms with Gasteiger partial charge in [-0.3, -0.25) is 14.6 Å². The highest BCUT2D eigenvalue weighted by Crippen LogP contribution is 2.33. The summed E-state index contributed by atoms with van der Waals surface area (Å²) < 4.78 is 0. The number of carbonyl (C=O) groups excluding carboxylic acids is 1. The summed E-state index contributed by atoms with van der Waals surface area (Å²) in [6.07, 6.45) is 4.99. The monoisotopic (exact) mass is 377 g/mol. The van der Waals surface area contributed by atoms with Crippen LogP contribution in [0.5, 0.6) is 0 Å². The van der Waals surface area contributed by atoms with Gasteiger partial charge >= 0.3 is 0 Å². The first-order valence-electron chi connectivity index (χ1n) is 10.6. The molecule has 148 valence electrons. The number of hydrogen-bond acceptors (Lipinski definition) is 3. The van der Waals surface area contributed by atoms with E-state index in [1.165, 1.54) is 24.0 Å². The molecule has 0 unspecified atom stereocenters. The van der Waals surface area contributed by atoms with Crippen molar-refractivity contribution in [2.75, 3.05) is 25.0 Å². The van der Waals surface area contributed by atoms with Gasteiger partial charge in [-0.2, -0.15) is 0 Å². The van der Waals surface area contributed by atoms with Gasteiger partial charge in [0, 0.05) is 37.4 Å². The van der Waals surface area contributed by atoms with E-state index in [4.69, 9.17) is 0 Å². The van der Waals surface area contributed by atoms with Crippen molar-refractivity contribution >= 4 is 11.6 Å². The Hall–Kier alpha value is -2.17. The standard InChI is InChI=1S/C24H31N3O/c1-19-6-5-7-20(16-19)17-27(22-10-11-22)23-12-14-26(15-13-23)18-24(28)25-21-8-3-2-4-9-21/h2-9,16,22-23H,10-15,17-18H2,1H3,(H,25,28). The van der Waals surface area contributed by atoms with Crippen LogP contribution in [0, 0.1) is 6.92 Å². The van der Waals surface area contributed by atoms with Gasteiger partial charge in [0.25, 0.3) is 0 Å². The highest BCUT2D eigenvalue weighted by Gasteiger charge is 2.35. The number of aryl methyl sites for hydroxylation is 1. The van der Waals surface area contributed by atoms with E-state index in [2.05, 4.69) is 46.3 Å². The largest absolute Gasteiger partial charge is 0.325 e. The number of benzene rings is 2. The molecule has 1 aliphatic heterocycles. The predicted molar refractivity (Wildman–Crippen MR) is 114 cm³/mol. The molecule has 1 saturated carbocycles. The van der Waals surface area contributed by atoms with Gasteiger partial charge in [0.15, 0.2) is 0 Å². The quantitative estimate of drug-likeness (QED) is 0.790. The van der Waals surface area contributed by atoms with Crippen LogP contribution in [0.2, 0.25) is 0 Å². The van der Waals surface area contributed by atoms with Crippen LogP contribution in [0.3, 0.4) is 0 Å². The molecule has 1 N–H and O–H groups in total. The maximum atomic E-state index is 12.3.